The van der Waals surface area contributed by atoms with Gasteiger partial charge in [-0.25, -0.2) is 4.79 Å². The Morgan fingerprint density at radius 2 is 1.83 bits per heavy atom. The number of ether oxygens (including phenoxy) is 1. The first-order valence-electron chi connectivity index (χ1n) is 10.9. The maximum absolute atomic E-state index is 11.8. The van der Waals surface area contributed by atoms with Crippen LogP contribution in [0.5, 0.6) is 0 Å². The molecule has 3 N–H and O–H groups in total. The second-order valence-corrected chi connectivity index (χ2v) is 9.42. The lowest BCUT2D eigenvalue weighted by Crippen LogP contribution is -2.56. The summed E-state index contributed by atoms with van der Waals surface area (Å²) in [6.45, 7) is 6.84. The van der Waals surface area contributed by atoms with E-state index in [0.29, 0.717) is 25.7 Å². The monoisotopic (exact) mass is 539 g/mol. The zero-order valence-electron chi connectivity index (χ0n) is 17.7. The van der Waals surface area contributed by atoms with Gasteiger partial charge in [0.05, 0.1) is 13.2 Å². The fourth-order valence-corrected chi connectivity index (χ4v) is 5.63. The van der Waals surface area contributed by atoms with Crippen molar-refractivity contribution in [3.8, 4) is 0 Å². The van der Waals surface area contributed by atoms with Crippen LogP contribution in [0.15, 0.2) is 4.99 Å². The predicted molar refractivity (Wildman–Crippen MR) is 131 cm³/mol. The van der Waals surface area contributed by atoms with Crippen molar-refractivity contribution in [2.45, 2.75) is 63.5 Å². The fraction of sp³-hybridized carbons (Fsp3) is 0.900. The lowest BCUT2D eigenvalue weighted by Gasteiger charge is -2.47. The first-order valence-corrected chi connectivity index (χ1v) is 12.1. The van der Waals surface area contributed by atoms with Gasteiger partial charge in [0.2, 0.25) is 0 Å². The number of likely N-dealkylation sites (tertiary alicyclic amines) is 1. The average molecular weight is 540 g/mol. The number of guanidine groups is 1. The summed E-state index contributed by atoms with van der Waals surface area (Å²) in [5.41, 5.74) is 6.47. The average Bonchev–Trinajstić information content (AvgIpc) is 2.74. The Labute approximate surface area is 197 Å². The lowest BCUT2D eigenvalue weighted by molar-refractivity contribution is 0.0671. The summed E-state index contributed by atoms with van der Waals surface area (Å²) >= 11 is 2.06. The van der Waals surface area contributed by atoms with E-state index in [2.05, 4.69) is 22.0 Å². The van der Waals surface area contributed by atoms with Crippen LogP contribution in [0.3, 0.4) is 0 Å². The smallest absolute Gasteiger partial charge is 0.409 e. The summed E-state index contributed by atoms with van der Waals surface area (Å²) in [7, 11) is 0. The largest absolute Gasteiger partial charge is 0.450 e. The summed E-state index contributed by atoms with van der Waals surface area (Å²) in [5.74, 6) is 3.03. The number of thioether (sulfide) groups is 1. The number of rotatable bonds is 5. The number of aliphatic imine (C=N–C) groups is 1. The van der Waals surface area contributed by atoms with Gasteiger partial charge in [0.1, 0.15) is 0 Å². The molecular weight excluding hydrogens is 501 g/mol. The summed E-state index contributed by atoms with van der Waals surface area (Å²) in [5, 5.41) is 3.40. The zero-order chi connectivity index (χ0) is 19.8. The van der Waals surface area contributed by atoms with Crippen molar-refractivity contribution in [1.29, 1.82) is 0 Å². The number of hydrogen-bond acceptors (Lipinski definition) is 5. The van der Waals surface area contributed by atoms with Crippen LogP contribution in [0.2, 0.25) is 0 Å². The first-order chi connectivity index (χ1) is 13.6. The van der Waals surface area contributed by atoms with E-state index in [9.17, 15) is 4.79 Å². The molecule has 0 unspecified atom stereocenters. The highest BCUT2D eigenvalue weighted by atomic mass is 127. The molecule has 2 saturated heterocycles. The second kappa shape index (κ2) is 12.4. The second-order valence-electron chi connectivity index (χ2n) is 8.19. The molecule has 0 radical (unpaired) electrons. The van der Waals surface area contributed by atoms with E-state index in [-0.39, 0.29) is 41.7 Å². The molecule has 1 aliphatic carbocycles. The van der Waals surface area contributed by atoms with Crippen LogP contribution in [0, 0.1) is 0 Å². The predicted octanol–water partition coefficient (Wildman–Crippen LogP) is 2.88. The number of nitrogens with two attached hydrogens (primary N) is 1. The molecule has 7 nitrogen and oxygen atoms in total. The molecule has 0 bridgehead atoms. The van der Waals surface area contributed by atoms with Crippen molar-refractivity contribution in [2.24, 2.45) is 10.7 Å². The molecule has 0 aromatic carbocycles. The fourth-order valence-electron chi connectivity index (χ4n) is 4.73. The van der Waals surface area contributed by atoms with E-state index < -0.39 is 0 Å². The number of amides is 1. The normalized spacial score (nSPS) is 23.9. The van der Waals surface area contributed by atoms with Gasteiger partial charge in [-0.2, -0.15) is 11.8 Å². The molecule has 29 heavy (non-hydrogen) atoms. The van der Waals surface area contributed by atoms with Crippen LogP contribution in [0.4, 0.5) is 4.79 Å². The number of carbonyl (C=O) groups excluding carboxylic acids is 1. The van der Waals surface area contributed by atoms with Gasteiger partial charge in [-0.3, -0.25) is 9.89 Å². The van der Waals surface area contributed by atoms with E-state index in [4.69, 9.17) is 15.5 Å². The molecule has 1 amide bonds. The Hall–Kier alpha value is -0.420. The highest BCUT2D eigenvalue weighted by Gasteiger charge is 2.38. The van der Waals surface area contributed by atoms with Crippen LogP contribution >= 0.6 is 35.7 Å². The minimum atomic E-state index is -0.207. The summed E-state index contributed by atoms with van der Waals surface area (Å²) in [4.78, 5) is 21.1. The summed E-state index contributed by atoms with van der Waals surface area (Å²) < 4.78 is 5.08. The lowest BCUT2D eigenvalue weighted by atomic mass is 9.80. The molecule has 3 aliphatic rings. The van der Waals surface area contributed by atoms with E-state index in [1.165, 1.54) is 56.7 Å². The number of nitrogens with one attached hydrogen (secondary N) is 1. The van der Waals surface area contributed by atoms with Gasteiger partial charge in [-0.05, 0) is 32.6 Å². The molecule has 168 valence electrons. The highest BCUT2D eigenvalue weighted by molar-refractivity contribution is 14.0. The Morgan fingerprint density at radius 3 is 2.45 bits per heavy atom. The van der Waals surface area contributed by atoms with Crippen molar-refractivity contribution >= 4 is 47.8 Å². The third kappa shape index (κ3) is 7.05. The van der Waals surface area contributed by atoms with Crippen molar-refractivity contribution in [3.63, 3.8) is 0 Å². The number of nitrogens with zero attached hydrogens (tertiary/aromatic N) is 3. The van der Waals surface area contributed by atoms with Crippen LogP contribution in [-0.4, -0.2) is 84.3 Å². The van der Waals surface area contributed by atoms with Crippen LogP contribution in [-0.2, 0) is 4.74 Å². The van der Waals surface area contributed by atoms with Crippen LogP contribution in [0.25, 0.3) is 0 Å². The number of piperidine rings is 1. The Kier molecular flexibility index (Phi) is 10.7. The quantitative estimate of drug-likeness (QED) is 0.318. The molecule has 3 rings (SSSR count). The zero-order valence-corrected chi connectivity index (χ0v) is 20.9. The molecule has 0 aromatic heterocycles. The number of carbonyl (C=O) groups is 1. The van der Waals surface area contributed by atoms with Crippen LogP contribution < -0.4 is 11.1 Å². The Morgan fingerprint density at radius 1 is 1.17 bits per heavy atom. The Balaban J connectivity index is 0.00000300. The summed E-state index contributed by atoms with van der Waals surface area (Å²) in [6, 6.07) is 0.281. The minimum absolute atomic E-state index is 0. The van der Waals surface area contributed by atoms with E-state index in [0.717, 1.165) is 19.4 Å². The van der Waals surface area contributed by atoms with Crippen molar-refractivity contribution < 1.29 is 9.53 Å². The topological polar surface area (TPSA) is 83.2 Å². The maximum Gasteiger partial charge on any atom is 0.409 e. The van der Waals surface area contributed by atoms with E-state index in [1.54, 1.807) is 4.90 Å². The molecular formula is C20H38IN5O2S. The Bertz CT molecular complexity index is 531. The van der Waals surface area contributed by atoms with Crippen molar-refractivity contribution in [3.05, 3.63) is 0 Å². The molecule has 0 spiro atoms. The van der Waals surface area contributed by atoms with Crippen LogP contribution in [0.1, 0.15) is 51.9 Å². The molecule has 2 heterocycles. The van der Waals surface area contributed by atoms with Gasteiger partial charge < -0.3 is 20.7 Å². The first kappa shape index (κ1) is 24.8. The van der Waals surface area contributed by atoms with E-state index in [1.807, 2.05) is 6.92 Å². The van der Waals surface area contributed by atoms with Gasteiger partial charge in [0.25, 0.3) is 0 Å². The van der Waals surface area contributed by atoms with Gasteiger partial charge in [0.15, 0.2) is 5.96 Å². The van der Waals surface area contributed by atoms with Crippen molar-refractivity contribution in [1.82, 2.24) is 15.1 Å². The van der Waals surface area contributed by atoms with Gasteiger partial charge >= 0.3 is 6.09 Å². The third-order valence-corrected chi connectivity index (χ3v) is 7.33. The molecule has 1 saturated carbocycles. The van der Waals surface area contributed by atoms with Gasteiger partial charge in [-0.15, -0.1) is 24.0 Å². The van der Waals surface area contributed by atoms with E-state index >= 15 is 0 Å². The minimum Gasteiger partial charge on any atom is -0.450 e. The molecule has 9 heteroatoms. The highest BCUT2D eigenvalue weighted by Crippen LogP contribution is 2.35. The SMILES string of the molecule is CCOC(=O)N1CCC(NC(N)=NCC2(N3CCSCC3)CCCCC2)CC1.I. The van der Waals surface area contributed by atoms with Gasteiger partial charge in [0, 0.05) is 49.3 Å². The third-order valence-electron chi connectivity index (χ3n) is 6.38. The summed E-state index contributed by atoms with van der Waals surface area (Å²) in [6.07, 6.45) is 7.99. The molecule has 2 aliphatic heterocycles. The molecule has 0 atom stereocenters. The molecule has 0 aromatic rings. The van der Waals surface area contributed by atoms with Crippen molar-refractivity contribution in [2.75, 3.05) is 50.8 Å². The number of halogens is 1. The van der Waals surface area contributed by atoms with Gasteiger partial charge in [-0.1, -0.05) is 19.3 Å². The standard InChI is InChI=1S/C20H37N5O2S.HI/c1-2-27-19(26)24-10-6-17(7-11-24)23-18(21)22-16-20(8-4-3-5-9-20)25-12-14-28-15-13-25;/h17H,2-16H2,1H3,(H3,21,22,23);1H. The maximum atomic E-state index is 11.8. The molecule has 3 fully saturated rings. The number of hydrogen-bond donors (Lipinski definition) is 2.